The van der Waals surface area contributed by atoms with E-state index in [-0.39, 0.29) is 6.61 Å². The molecule has 0 fully saturated rings. The molecule has 0 saturated carbocycles. The summed E-state index contributed by atoms with van der Waals surface area (Å²) in [6, 6.07) is 10.0. The molecule has 0 amide bonds. The minimum absolute atomic E-state index is 0.0769. The van der Waals surface area contributed by atoms with Gasteiger partial charge in [0.05, 0.1) is 12.7 Å². The van der Waals surface area contributed by atoms with Crippen molar-refractivity contribution < 1.29 is 10.2 Å². The fourth-order valence-electron chi connectivity index (χ4n) is 1.58. The number of aliphatic hydroxyl groups is 2. The Kier molecular flexibility index (Phi) is 4.71. The van der Waals surface area contributed by atoms with Crippen LogP contribution in [-0.4, -0.2) is 22.9 Å². The highest BCUT2D eigenvalue weighted by Gasteiger charge is 2.28. The molecule has 1 aromatic carbocycles. The van der Waals surface area contributed by atoms with Gasteiger partial charge in [0.15, 0.2) is 0 Å². The van der Waals surface area contributed by atoms with Gasteiger partial charge in [0.2, 0.25) is 0 Å². The second-order valence-electron chi connectivity index (χ2n) is 4.41. The van der Waals surface area contributed by atoms with Crippen molar-refractivity contribution in [2.24, 2.45) is 5.41 Å². The van der Waals surface area contributed by atoms with Crippen molar-refractivity contribution in [2.75, 3.05) is 6.61 Å². The molecule has 0 aliphatic carbocycles. The molecule has 0 bridgehead atoms. The van der Waals surface area contributed by atoms with Crippen LogP contribution in [0, 0.1) is 5.41 Å². The number of aliphatic hydroxyl groups excluding tert-OH is 2. The Bertz CT molecular complexity index is 321. The summed E-state index contributed by atoms with van der Waals surface area (Å²) in [6.07, 6.45) is 2.51. The molecule has 2 nitrogen and oxygen atoms in total. The van der Waals surface area contributed by atoms with Crippen LogP contribution in [0.2, 0.25) is 0 Å². The molecule has 1 rings (SSSR count). The van der Waals surface area contributed by atoms with Crippen molar-refractivity contribution in [1.29, 1.82) is 0 Å². The van der Waals surface area contributed by atoms with E-state index in [9.17, 15) is 10.2 Å². The first kappa shape index (κ1) is 12.9. The van der Waals surface area contributed by atoms with Crippen molar-refractivity contribution in [3.05, 3.63) is 48.6 Å². The Morgan fingerprint density at radius 3 is 2.50 bits per heavy atom. The van der Waals surface area contributed by atoms with Gasteiger partial charge in [0.25, 0.3) is 0 Å². The highest BCUT2D eigenvalue weighted by atomic mass is 16.3. The lowest BCUT2D eigenvalue weighted by Crippen LogP contribution is -2.34. The predicted molar refractivity (Wildman–Crippen MR) is 66.2 cm³/mol. The highest BCUT2D eigenvalue weighted by Crippen LogP contribution is 2.25. The second-order valence-corrected chi connectivity index (χ2v) is 4.41. The van der Waals surface area contributed by atoms with Gasteiger partial charge < -0.3 is 10.2 Å². The van der Waals surface area contributed by atoms with E-state index in [1.807, 2.05) is 37.3 Å². The quantitative estimate of drug-likeness (QED) is 0.721. The van der Waals surface area contributed by atoms with Crippen LogP contribution >= 0.6 is 0 Å². The first-order chi connectivity index (χ1) is 7.62. The van der Waals surface area contributed by atoms with E-state index < -0.39 is 11.5 Å². The first-order valence-corrected chi connectivity index (χ1v) is 5.59. The molecule has 0 aromatic heterocycles. The van der Waals surface area contributed by atoms with Crippen LogP contribution in [0.25, 0.3) is 0 Å². The molecular formula is C14H20O2. The van der Waals surface area contributed by atoms with Crippen molar-refractivity contribution in [3.63, 3.8) is 0 Å². The number of hydrogen-bond donors (Lipinski definition) is 2. The van der Waals surface area contributed by atoms with Crippen molar-refractivity contribution in [1.82, 2.24) is 0 Å². The molecule has 16 heavy (non-hydrogen) atoms. The Hall–Kier alpha value is -1.12. The Morgan fingerprint density at radius 2 is 2.00 bits per heavy atom. The van der Waals surface area contributed by atoms with Gasteiger partial charge in [-0.2, -0.15) is 0 Å². The van der Waals surface area contributed by atoms with Crippen molar-refractivity contribution in [3.8, 4) is 0 Å². The Morgan fingerprint density at radius 1 is 1.38 bits per heavy atom. The zero-order valence-corrected chi connectivity index (χ0v) is 9.76. The van der Waals surface area contributed by atoms with E-state index in [0.29, 0.717) is 6.42 Å². The highest BCUT2D eigenvalue weighted by molar-refractivity contribution is 5.15. The zero-order chi connectivity index (χ0) is 12.0. The van der Waals surface area contributed by atoms with Gasteiger partial charge in [-0.25, -0.2) is 0 Å². The summed E-state index contributed by atoms with van der Waals surface area (Å²) >= 11 is 0. The summed E-state index contributed by atoms with van der Waals surface area (Å²) in [5, 5.41) is 19.2. The minimum atomic E-state index is -0.602. The van der Waals surface area contributed by atoms with Gasteiger partial charge in [-0.15, -0.1) is 6.58 Å². The minimum Gasteiger partial charge on any atom is -0.395 e. The first-order valence-electron chi connectivity index (χ1n) is 5.59. The molecule has 0 aliphatic rings. The molecule has 0 heterocycles. The van der Waals surface area contributed by atoms with Crippen LogP contribution in [0.4, 0.5) is 0 Å². The number of aryl methyl sites for hydroxylation is 1. The SMILES string of the molecule is C=C[C@](C)(CO)[C@@H](O)CCc1ccccc1. The van der Waals surface area contributed by atoms with E-state index in [1.165, 1.54) is 5.56 Å². The van der Waals surface area contributed by atoms with Crippen LogP contribution in [0.3, 0.4) is 0 Å². The van der Waals surface area contributed by atoms with Crippen molar-refractivity contribution in [2.45, 2.75) is 25.9 Å². The Balaban J connectivity index is 2.52. The lowest BCUT2D eigenvalue weighted by molar-refractivity contribution is 0.0229. The molecule has 1 aromatic rings. The van der Waals surface area contributed by atoms with E-state index in [1.54, 1.807) is 6.08 Å². The summed E-state index contributed by atoms with van der Waals surface area (Å²) in [6.45, 7) is 5.40. The monoisotopic (exact) mass is 220 g/mol. The fraction of sp³-hybridized carbons (Fsp3) is 0.429. The summed E-state index contributed by atoms with van der Waals surface area (Å²) in [5.74, 6) is 0. The maximum absolute atomic E-state index is 10.00. The average Bonchev–Trinajstić information content (AvgIpc) is 2.36. The Labute approximate surface area is 97.2 Å². The molecule has 0 radical (unpaired) electrons. The predicted octanol–water partition coefficient (Wildman–Crippen LogP) is 2.16. The summed E-state index contributed by atoms with van der Waals surface area (Å²) in [4.78, 5) is 0. The molecule has 0 aliphatic heterocycles. The van der Waals surface area contributed by atoms with Crippen LogP contribution in [0.1, 0.15) is 18.9 Å². The summed E-state index contributed by atoms with van der Waals surface area (Å²) in [7, 11) is 0. The standard InChI is InChI=1S/C14H20O2/c1-3-14(2,11-15)13(16)10-9-12-7-5-4-6-8-12/h3-8,13,15-16H,1,9-11H2,2H3/t13-,14+/m0/s1. The molecule has 0 unspecified atom stereocenters. The molecule has 0 spiro atoms. The van der Waals surface area contributed by atoms with Gasteiger partial charge in [-0.05, 0) is 18.4 Å². The van der Waals surface area contributed by atoms with Gasteiger partial charge in [-0.1, -0.05) is 43.3 Å². The lowest BCUT2D eigenvalue weighted by atomic mass is 9.82. The summed E-state index contributed by atoms with van der Waals surface area (Å²) < 4.78 is 0. The molecule has 2 N–H and O–H groups in total. The zero-order valence-electron chi connectivity index (χ0n) is 9.76. The maximum Gasteiger partial charge on any atom is 0.0653 e. The lowest BCUT2D eigenvalue weighted by Gasteiger charge is -2.29. The molecule has 2 heteroatoms. The number of benzene rings is 1. The van der Waals surface area contributed by atoms with E-state index in [4.69, 9.17) is 0 Å². The number of hydrogen-bond acceptors (Lipinski definition) is 2. The van der Waals surface area contributed by atoms with E-state index >= 15 is 0 Å². The van der Waals surface area contributed by atoms with Crippen molar-refractivity contribution >= 4 is 0 Å². The van der Waals surface area contributed by atoms with Gasteiger partial charge in [0, 0.05) is 5.41 Å². The third kappa shape index (κ3) is 3.19. The van der Waals surface area contributed by atoms with Gasteiger partial charge in [-0.3, -0.25) is 0 Å². The largest absolute Gasteiger partial charge is 0.395 e. The molecule has 88 valence electrons. The van der Waals surface area contributed by atoms with Gasteiger partial charge >= 0.3 is 0 Å². The van der Waals surface area contributed by atoms with Crippen LogP contribution in [-0.2, 0) is 6.42 Å². The fourth-order valence-corrected chi connectivity index (χ4v) is 1.58. The molecular weight excluding hydrogens is 200 g/mol. The third-order valence-electron chi connectivity index (χ3n) is 3.12. The maximum atomic E-state index is 10.00. The molecule has 0 saturated heterocycles. The molecule has 2 atom stereocenters. The second kappa shape index (κ2) is 5.83. The van der Waals surface area contributed by atoms with Crippen LogP contribution in [0.15, 0.2) is 43.0 Å². The van der Waals surface area contributed by atoms with E-state index in [2.05, 4.69) is 6.58 Å². The third-order valence-corrected chi connectivity index (χ3v) is 3.12. The van der Waals surface area contributed by atoms with E-state index in [0.717, 1.165) is 6.42 Å². The van der Waals surface area contributed by atoms with Crippen LogP contribution < -0.4 is 0 Å². The smallest absolute Gasteiger partial charge is 0.0653 e. The number of rotatable bonds is 6. The topological polar surface area (TPSA) is 40.5 Å². The summed E-state index contributed by atoms with van der Waals surface area (Å²) in [5.41, 5.74) is 0.598. The van der Waals surface area contributed by atoms with Crippen LogP contribution in [0.5, 0.6) is 0 Å². The van der Waals surface area contributed by atoms with Gasteiger partial charge in [0.1, 0.15) is 0 Å². The normalized spacial score (nSPS) is 16.4. The average molecular weight is 220 g/mol.